The molecule has 4 saturated carbocycles. The zero-order chi connectivity index (χ0) is 25.1. The van der Waals surface area contributed by atoms with Crippen LogP contribution in [0, 0.1) is 46.3 Å². The van der Waals surface area contributed by atoms with Crippen molar-refractivity contribution in [3.05, 3.63) is 12.7 Å². The van der Waals surface area contributed by atoms with E-state index in [0.29, 0.717) is 42.1 Å². The van der Waals surface area contributed by atoms with Crippen LogP contribution in [0.5, 0.6) is 0 Å². The summed E-state index contributed by atoms with van der Waals surface area (Å²) in [6, 6.07) is 0. The Bertz CT molecular complexity index is 782. The lowest BCUT2D eigenvalue weighted by molar-refractivity contribution is -0.175. The number of carbonyl (C=O) groups is 1. The van der Waals surface area contributed by atoms with E-state index in [0.717, 1.165) is 38.5 Å². The second-order valence-electron chi connectivity index (χ2n) is 12.0. The molecular formula is C28H45NO4S. The Labute approximate surface area is 211 Å². The van der Waals surface area contributed by atoms with Gasteiger partial charge in [-0.05, 0) is 116 Å². The van der Waals surface area contributed by atoms with E-state index in [-0.39, 0.29) is 29.5 Å². The predicted molar refractivity (Wildman–Crippen MR) is 139 cm³/mol. The van der Waals surface area contributed by atoms with Crippen molar-refractivity contribution in [3.8, 4) is 0 Å². The van der Waals surface area contributed by atoms with Gasteiger partial charge in [0.05, 0.1) is 23.9 Å². The van der Waals surface area contributed by atoms with E-state index in [4.69, 9.17) is 5.11 Å². The number of rotatable bonds is 6. The monoisotopic (exact) mass is 491 g/mol. The molecule has 0 saturated heterocycles. The SMILES string of the molecule is C=CCN=C=S.C[C@H](CCC(=O)O)[C@H]1CC[C@H]2[C@@H]3CC[C@@H]4C[C@H](O)CC[C@]4(C)[C@H]3C[C@H](O)[C@]12C. The van der Waals surface area contributed by atoms with Crippen molar-refractivity contribution in [3.63, 3.8) is 0 Å². The van der Waals surface area contributed by atoms with Gasteiger partial charge < -0.3 is 15.3 Å². The largest absolute Gasteiger partial charge is 0.481 e. The van der Waals surface area contributed by atoms with Gasteiger partial charge in [-0.15, -0.1) is 6.58 Å². The van der Waals surface area contributed by atoms with Gasteiger partial charge in [-0.25, -0.2) is 4.99 Å². The Morgan fingerprint density at radius 1 is 1.18 bits per heavy atom. The lowest BCUT2D eigenvalue weighted by Crippen LogP contribution is -2.58. The molecule has 4 fully saturated rings. The molecule has 0 bridgehead atoms. The number of nitrogens with zero attached hydrogens (tertiary/aromatic N) is 1. The van der Waals surface area contributed by atoms with Crippen LogP contribution >= 0.6 is 12.2 Å². The van der Waals surface area contributed by atoms with E-state index in [1.54, 1.807) is 6.08 Å². The number of carboxylic acids is 1. The summed E-state index contributed by atoms with van der Waals surface area (Å²) < 4.78 is 0. The minimum atomic E-state index is -0.707. The molecule has 192 valence electrons. The van der Waals surface area contributed by atoms with Gasteiger partial charge in [-0.2, -0.15) is 0 Å². The van der Waals surface area contributed by atoms with Crippen LogP contribution in [0.4, 0.5) is 0 Å². The van der Waals surface area contributed by atoms with Crippen molar-refractivity contribution >= 4 is 23.3 Å². The van der Waals surface area contributed by atoms with Gasteiger partial charge in [0.2, 0.25) is 0 Å². The molecule has 0 radical (unpaired) electrons. The Kier molecular flexibility index (Phi) is 9.17. The average molecular weight is 492 g/mol. The van der Waals surface area contributed by atoms with Crippen molar-refractivity contribution in [2.75, 3.05) is 6.54 Å². The van der Waals surface area contributed by atoms with Gasteiger partial charge >= 0.3 is 5.97 Å². The molecule has 34 heavy (non-hydrogen) atoms. The topological polar surface area (TPSA) is 90.1 Å². The molecule has 0 heterocycles. The molecule has 0 amide bonds. The van der Waals surface area contributed by atoms with Crippen LogP contribution in [0.1, 0.15) is 85.0 Å². The van der Waals surface area contributed by atoms with Crippen molar-refractivity contribution in [2.45, 2.75) is 97.2 Å². The number of fused-ring (bicyclic) bond motifs is 5. The summed E-state index contributed by atoms with van der Waals surface area (Å²) in [5.74, 6) is 2.55. The first-order chi connectivity index (χ1) is 16.1. The Morgan fingerprint density at radius 2 is 1.91 bits per heavy atom. The van der Waals surface area contributed by atoms with Gasteiger partial charge in [-0.3, -0.25) is 4.79 Å². The molecular weight excluding hydrogens is 446 g/mol. The maximum Gasteiger partial charge on any atom is 0.303 e. The molecule has 4 aliphatic rings. The maximum absolute atomic E-state index is 11.5. The van der Waals surface area contributed by atoms with Gasteiger partial charge in [-0.1, -0.05) is 26.8 Å². The van der Waals surface area contributed by atoms with Crippen molar-refractivity contribution < 1.29 is 20.1 Å². The number of isothiocyanates is 1. The summed E-state index contributed by atoms with van der Waals surface area (Å²) in [5.41, 5.74) is 0.216. The van der Waals surface area contributed by atoms with Gasteiger partial charge in [0.15, 0.2) is 0 Å². The Morgan fingerprint density at radius 3 is 2.53 bits per heavy atom. The highest BCUT2D eigenvalue weighted by Crippen LogP contribution is 2.68. The highest BCUT2D eigenvalue weighted by Gasteiger charge is 2.63. The van der Waals surface area contributed by atoms with E-state index >= 15 is 0 Å². The first kappa shape index (κ1) is 27.5. The number of hydrogen-bond acceptors (Lipinski definition) is 5. The predicted octanol–water partition coefficient (Wildman–Crippen LogP) is 5.75. The van der Waals surface area contributed by atoms with E-state index in [2.05, 4.69) is 49.7 Å². The summed E-state index contributed by atoms with van der Waals surface area (Å²) in [5, 5.41) is 33.0. The summed E-state index contributed by atoms with van der Waals surface area (Å²) in [6.45, 7) is 11.0. The lowest BCUT2D eigenvalue weighted by atomic mass is 9.43. The van der Waals surface area contributed by atoms with Crippen molar-refractivity contribution in [1.29, 1.82) is 0 Å². The van der Waals surface area contributed by atoms with Crippen LogP contribution in [0.3, 0.4) is 0 Å². The zero-order valence-corrected chi connectivity index (χ0v) is 22.1. The standard InChI is InChI=1S/C24H40O4.C4H5NS/c1-14(4-9-22(27)28)18-7-8-19-17-6-5-15-12-16(25)10-11-23(15,2)20(17)13-21(26)24(18,19)3;1-2-3-5-4-6/h14-21,25-26H,4-13H2,1-3H3,(H,27,28);2H,1,3H2/t14-,15-,16-,17+,18-,19+,20+,21+,23+,24-;/m1./s1. The van der Waals surface area contributed by atoms with Gasteiger partial charge in [0.1, 0.15) is 0 Å². The Balaban J connectivity index is 0.000000481. The fourth-order valence-corrected chi connectivity index (χ4v) is 8.89. The van der Waals surface area contributed by atoms with Gasteiger partial charge in [0.25, 0.3) is 0 Å². The third-order valence-corrected chi connectivity index (χ3v) is 10.7. The fourth-order valence-electron chi connectivity index (χ4n) is 8.81. The molecule has 4 aliphatic carbocycles. The average Bonchev–Trinajstić information content (AvgIpc) is 3.16. The van der Waals surface area contributed by atoms with Crippen LogP contribution in [-0.2, 0) is 4.79 Å². The third-order valence-electron chi connectivity index (χ3n) is 10.6. The molecule has 0 aromatic carbocycles. The number of aliphatic imine (C=N–C) groups is 1. The maximum atomic E-state index is 11.5. The summed E-state index contributed by atoms with van der Waals surface area (Å²) in [4.78, 5) is 14.6. The fraction of sp³-hybridized carbons (Fsp3) is 0.857. The molecule has 4 rings (SSSR count). The molecule has 0 aromatic rings. The summed E-state index contributed by atoms with van der Waals surface area (Å²) in [6.07, 6.45) is 10.9. The lowest BCUT2D eigenvalue weighted by Gasteiger charge is -2.62. The Hall–Kier alpha value is -1.07. The molecule has 0 spiro atoms. The minimum Gasteiger partial charge on any atom is -0.481 e. The molecule has 0 unspecified atom stereocenters. The zero-order valence-electron chi connectivity index (χ0n) is 21.3. The number of aliphatic carboxylic acids is 1. The number of aliphatic hydroxyl groups is 2. The smallest absolute Gasteiger partial charge is 0.303 e. The molecule has 6 heteroatoms. The molecule has 10 atom stereocenters. The van der Waals surface area contributed by atoms with E-state index in [9.17, 15) is 15.0 Å². The number of thiocarbonyl (C=S) groups is 1. The van der Waals surface area contributed by atoms with E-state index in [1.165, 1.54) is 19.3 Å². The minimum absolute atomic E-state index is 0.0591. The van der Waals surface area contributed by atoms with Crippen LogP contribution in [0.25, 0.3) is 0 Å². The first-order valence-corrected chi connectivity index (χ1v) is 13.7. The van der Waals surface area contributed by atoms with Crippen LogP contribution in [0.15, 0.2) is 17.6 Å². The molecule has 0 aromatic heterocycles. The number of carboxylic acid groups (broad SMARTS) is 1. The first-order valence-electron chi connectivity index (χ1n) is 13.3. The molecule has 0 aliphatic heterocycles. The van der Waals surface area contributed by atoms with Crippen LogP contribution < -0.4 is 0 Å². The summed E-state index contributed by atoms with van der Waals surface area (Å²) >= 11 is 4.25. The quantitative estimate of drug-likeness (QED) is 0.250. The second-order valence-corrected chi connectivity index (χ2v) is 12.2. The number of hydrogen-bond donors (Lipinski definition) is 3. The van der Waals surface area contributed by atoms with Crippen LogP contribution in [0.2, 0.25) is 0 Å². The number of aliphatic hydroxyl groups excluding tert-OH is 2. The highest BCUT2D eigenvalue weighted by atomic mass is 32.1. The summed E-state index contributed by atoms with van der Waals surface area (Å²) in [7, 11) is 0. The van der Waals surface area contributed by atoms with Gasteiger partial charge in [0, 0.05) is 6.42 Å². The van der Waals surface area contributed by atoms with Crippen molar-refractivity contribution in [2.24, 2.45) is 51.3 Å². The second kappa shape index (κ2) is 11.3. The van der Waals surface area contributed by atoms with Crippen LogP contribution in [-0.4, -0.2) is 45.2 Å². The van der Waals surface area contributed by atoms with Crippen molar-refractivity contribution in [1.82, 2.24) is 0 Å². The third kappa shape index (κ3) is 5.21. The van der Waals surface area contributed by atoms with E-state index < -0.39 is 5.97 Å². The highest BCUT2D eigenvalue weighted by molar-refractivity contribution is 7.78. The van der Waals surface area contributed by atoms with E-state index in [1.807, 2.05) is 0 Å². The molecule has 3 N–H and O–H groups in total. The normalized spacial score (nSPS) is 43.6. The molecule has 5 nitrogen and oxygen atoms in total.